The second-order valence-corrected chi connectivity index (χ2v) is 8.23. The Kier molecular flexibility index (Phi) is 6.16. The summed E-state index contributed by atoms with van der Waals surface area (Å²) in [6, 6.07) is 28.2. The summed E-state index contributed by atoms with van der Waals surface area (Å²) < 4.78 is 5.29. The van der Waals surface area contributed by atoms with Crippen LogP contribution in [0.4, 0.5) is 10.5 Å². The number of phenolic OH excluding ortho intramolecular Hbond substituents is 1. The van der Waals surface area contributed by atoms with Crippen LogP contribution in [-0.2, 0) is 16.1 Å². The summed E-state index contributed by atoms with van der Waals surface area (Å²) >= 11 is 0. The average molecular weight is 474 g/mol. The predicted octanol–water partition coefficient (Wildman–Crippen LogP) is 6.14. The molecule has 5 rings (SSSR count). The second kappa shape index (κ2) is 9.72. The first-order valence-electron chi connectivity index (χ1n) is 11.2. The molecule has 0 spiro atoms. The van der Waals surface area contributed by atoms with Crippen molar-refractivity contribution in [2.24, 2.45) is 0 Å². The van der Waals surface area contributed by atoms with Gasteiger partial charge in [0.15, 0.2) is 5.78 Å². The van der Waals surface area contributed by atoms with Crippen molar-refractivity contribution in [2.45, 2.75) is 6.61 Å². The number of ketones is 1. The Morgan fingerprint density at radius 2 is 1.44 bits per heavy atom. The van der Waals surface area contributed by atoms with E-state index in [9.17, 15) is 19.5 Å². The van der Waals surface area contributed by atoms with Gasteiger partial charge < -0.3 is 9.84 Å². The zero-order chi connectivity index (χ0) is 25.1. The van der Waals surface area contributed by atoms with Crippen molar-refractivity contribution >= 4 is 45.4 Å². The molecule has 0 bridgehead atoms. The highest BCUT2D eigenvalue weighted by Crippen LogP contribution is 2.34. The van der Waals surface area contributed by atoms with Crippen LogP contribution >= 0.6 is 0 Å². The molecule has 0 heterocycles. The largest absolute Gasteiger partial charge is 0.507 e. The minimum atomic E-state index is -0.780. The molecule has 0 unspecified atom stereocenters. The maximum Gasteiger partial charge on any atom is 0.411 e. The molecule has 6 nitrogen and oxygen atoms in total. The Labute approximate surface area is 206 Å². The van der Waals surface area contributed by atoms with Crippen LogP contribution in [0.3, 0.4) is 0 Å². The highest BCUT2D eigenvalue weighted by atomic mass is 16.5. The summed E-state index contributed by atoms with van der Waals surface area (Å²) in [4.78, 5) is 38.5. The van der Waals surface area contributed by atoms with Crippen molar-refractivity contribution in [1.82, 2.24) is 0 Å². The lowest BCUT2D eigenvalue weighted by Crippen LogP contribution is -2.17. The fourth-order valence-corrected chi connectivity index (χ4v) is 4.20. The van der Waals surface area contributed by atoms with Crippen LogP contribution in [0.2, 0.25) is 0 Å². The molecule has 6 heteroatoms. The van der Waals surface area contributed by atoms with Gasteiger partial charge in [0.25, 0.3) is 0 Å². The van der Waals surface area contributed by atoms with E-state index in [0.29, 0.717) is 10.8 Å². The Bertz CT molecular complexity index is 1630. The van der Waals surface area contributed by atoms with Crippen molar-refractivity contribution in [3.05, 3.63) is 119 Å². The molecule has 0 saturated carbocycles. The maximum atomic E-state index is 13.8. The highest BCUT2D eigenvalue weighted by molar-refractivity contribution is 6.23. The van der Waals surface area contributed by atoms with Gasteiger partial charge in [-0.2, -0.15) is 0 Å². The summed E-state index contributed by atoms with van der Waals surface area (Å²) in [5.74, 6) is -0.769. The Hall–Kier alpha value is -4.97. The van der Waals surface area contributed by atoms with Gasteiger partial charge in [-0.05, 0) is 45.3 Å². The number of fused-ring (bicyclic) bond motifs is 2. The molecular formula is C30H20NO5. The van der Waals surface area contributed by atoms with Crippen LogP contribution in [0, 0.1) is 0 Å². The van der Waals surface area contributed by atoms with Gasteiger partial charge >= 0.3 is 6.09 Å². The molecule has 0 saturated heterocycles. The molecular weight excluding hydrogens is 454 g/mol. The van der Waals surface area contributed by atoms with E-state index in [-0.39, 0.29) is 34.7 Å². The van der Waals surface area contributed by atoms with E-state index in [1.165, 1.54) is 6.07 Å². The first kappa shape index (κ1) is 22.8. The molecule has 0 atom stereocenters. The van der Waals surface area contributed by atoms with Crippen molar-refractivity contribution in [3.63, 3.8) is 0 Å². The Morgan fingerprint density at radius 1 is 0.806 bits per heavy atom. The molecule has 1 radical (unpaired) electrons. The van der Waals surface area contributed by atoms with Crippen LogP contribution in [0.5, 0.6) is 5.75 Å². The van der Waals surface area contributed by atoms with Gasteiger partial charge in [0.1, 0.15) is 12.4 Å². The maximum absolute atomic E-state index is 13.8. The molecule has 0 aliphatic rings. The van der Waals surface area contributed by atoms with Crippen LogP contribution in [0.25, 0.3) is 21.5 Å². The van der Waals surface area contributed by atoms with Gasteiger partial charge in [-0.25, -0.2) is 4.79 Å². The zero-order valence-electron chi connectivity index (χ0n) is 19.0. The zero-order valence-corrected chi connectivity index (χ0v) is 19.0. The molecule has 0 aliphatic carbocycles. The van der Waals surface area contributed by atoms with Gasteiger partial charge in [-0.15, -0.1) is 0 Å². The Morgan fingerprint density at radius 3 is 2.17 bits per heavy atom. The predicted molar refractivity (Wildman–Crippen MR) is 138 cm³/mol. The van der Waals surface area contributed by atoms with Gasteiger partial charge in [0.2, 0.25) is 6.29 Å². The number of anilines is 1. The van der Waals surface area contributed by atoms with E-state index in [4.69, 9.17) is 4.74 Å². The fraction of sp³-hybridized carbons (Fsp3) is 0.0333. The topological polar surface area (TPSA) is 92.7 Å². The average Bonchev–Trinajstić information content (AvgIpc) is 2.91. The number of benzene rings is 5. The molecule has 0 fully saturated rings. The minimum absolute atomic E-state index is 0.0343. The third-order valence-corrected chi connectivity index (χ3v) is 5.94. The lowest BCUT2D eigenvalue weighted by molar-refractivity contribution is 0.103. The van der Waals surface area contributed by atoms with E-state index in [1.807, 2.05) is 60.9 Å². The number of hydrogen-bond donors (Lipinski definition) is 2. The molecule has 2 N–H and O–H groups in total. The number of phenols is 1. The summed E-state index contributed by atoms with van der Waals surface area (Å²) in [7, 11) is 0. The van der Waals surface area contributed by atoms with Crippen LogP contribution in [-0.4, -0.2) is 23.3 Å². The summed E-state index contributed by atoms with van der Waals surface area (Å²) in [5, 5.41) is 15.9. The third-order valence-electron chi connectivity index (χ3n) is 5.94. The molecule has 5 aromatic carbocycles. The number of rotatable bonds is 6. The lowest BCUT2D eigenvalue weighted by atomic mass is 9.90. The van der Waals surface area contributed by atoms with Crippen LogP contribution in [0.1, 0.15) is 27.0 Å². The Balaban J connectivity index is 1.57. The van der Waals surface area contributed by atoms with Crippen molar-refractivity contribution in [1.29, 1.82) is 0 Å². The lowest BCUT2D eigenvalue weighted by Gasteiger charge is -2.15. The summed E-state index contributed by atoms with van der Waals surface area (Å²) in [6.07, 6.45) is 1.04. The van der Waals surface area contributed by atoms with Crippen molar-refractivity contribution < 1.29 is 24.2 Å². The SMILES string of the molecule is O=[C]c1c(NC(=O)OCc2ccccc2)cc2ccccc2c1C(=O)c1cc2ccccc2cc1O. The van der Waals surface area contributed by atoms with Gasteiger partial charge in [-0.3, -0.25) is 14.9 Å². The number of ether oxygens (including phenoxy) is 1. The standard InChI is InChI=1S/C30H20NO5/c32-17-25-26(31-30(35)36-18-19-8-2-1-3-9-19)15-22-12-6-7-13-23(22)28(25)29(34)24-14-20-10-4-5-11-21(20)16-27(24)33/h1-16,33H,18H2,(H,31,35). The van der Waals surface area contributed by atoms with E-state index in [0.717, 1.165) is 16.3 Å². The molecule has 1 amide bonds. The van der Waals surface area contributed by atoms with Gasteiger partial charge in [0, 0.05) is 5.56 Å². The van der Waals surface area contributed by atoms with Crippen LogP contribution < -0.4 is 5.32 Å². The van der Waals surface area contributed by atoms with Gasteiger partial charge in [-0.1, -0.05) is 78.9 Å². The first-order chi connectivity index (χ1) is 17.5. The third kappa shape index (κ3) is 4.40. The monoisotopic (exact) mass is 474 g/mol. The van der Waals surface area contributed by atoms with Crippen LogP contribution in [0.15, 0.2) is 97.1 Å². The van der Waals surface area contributed by atoms with E-state index >= 15 is 0 Å². The van der Waals surface area contributed by atoms with Crippen molar-refractivity contribution in [2.75, 3.05) is 5.32 Å². The minimum Gasteiger partial charge on any atom is -0.507 e. The van der Waals surface area contributed by atoms with E-state index in [2.05, 4.69) is 5.32 Å². The molecule has 0 aliphatic heterocycles. The number of amides is 1. The number of nitrogens with one attached hydrogen (secondary N) is 1. The quantitative estimate of drug-likeness (QED) is 0.289. The number of aromatic hydroxyl groups is 1. The molecule has 175 valence electrons. The van der Waals surface area contributed by atoms with Crippen molar-refractivity contribution in [3.8, 4) is 5.75 Å². The number of carbonyl (C=O) groups is 2. The smallest absolute Gasteiger partial charge is 0.411 e. The molecule has 5 aromatic rings. The van der Waals surface area contributed by atoms with E-state index < -0.39 is 11.9 Å². The molecule has 0 aromatic heterocycles. The summed E-state index contributed by atoms with van der Waals surface area (Å²) in [6.45, 7) is 0.0388. The number of carbonyl (C=O) groups excluding carboxylic acids is 3. The highest BCUT2D eigenvalue weighted by Gasteiger charge is 2.24. The number of hydrogen-bond acceptors (Lipinski definition) is 5. The molecule has 36 heavy (non-hydrogen) atoms. The summed E-state index contributed by atoms with van der Waals surface area (Å²) in [5.41, 5.74) is 0.843. The normalized spacial score (nSPS) is 10.8. The van der Waals surface area contributed by atoms with E-state index in [1.54, 1.807) is 36.4 Å². The second-order valence-electron chi connectivity index (χ2n) is 8.23. The fourth-order valence-electron chi connectivity index (χ4n) is 4.20. The first-order valence-corrected chi connectivity index (χ1v) is 11.2. The van der Waals surface area contributed by atoms with Gasteiger partial charge in [0.05, 0.1) is 16.8 Å².